The lowest BCUT2D eigenvalue weighted by Gasteiger charge is -2.16. The number of aromatic carboxylic acids is 1. The highest BCUT2D eigenvalue weighted by atomic mass is 16.5. The number of methoxy groups -OCH3 is 2. The molecule has 0 radical (unpaired) electrons. The van der Waals surface area contributed by atoms with Gasteiger partial charge in [-0.1, -0.05) is 5.21 Å². The molecule has 0 unspecified atom stereocenters. The number of anilines is 3. The number of rotatable bonds is 13. The number of ether oxygens (including phenoxy) is 3. The molecule has 52 heavy (non-hydrogen) atoms. The maximum Gasteiger partial charge on any atom is 0.339 e. The smallest absolute Gasteiger partial charge is 0.339 e. The van der Waals surface area contributed by atoms with Crippen LogP contribution in [0.4, 0.5) is 17.1 Å². The summed E-state index contributed by atoms with van der Waals surface area (Å²) in [5.74, 6) is -5.92. The number of phenolic OH excluding ortho intramolecular Hbond substituents is 1. The molecule has 0 fully saturated rings. The third-order valence-electron chi connectivity index (χ3n) is 7.20. The Morgan fingerprint density at radius 1 is 0.865 bits per heavy atom. The van der Waals surface area contributed by atoms with Crippen molar-refractivity contribution in [3.05, 3.63) is 71.3 Å². The number of nitrogens with two attached hydrogens (primary N) is 1. The second-order valence-electron chi connectivity index (χ2n) is 12.1. The largest absolute Gasteiger partial charge is 0.504 e. The van der Waals surface area contributed by atoms with E-state index in [1.165, 1.54) is 61.6 Å². The summed E-state index contributed by atoms with van der Waals surface area (Å²) >= 11 is 0. The quantitative estimate of drug-likeness (QED) is 0.0976. The minimum atomic E-state index is -1.41. The molecule has 8 N–H and O–H groups in total. The number of nitrogens with zero attached hydrogens (tertiary/aromatic N) is 4. The van der Waals surface area contributed by atoms with Crippen molar-refractivity contribution in [3.8, 4) is 23.0 Å². The zero-order chi connectivity index (χ0) is 38.3. The molecule has 0 bridgehead atoms. The maximum absolute atomic E-state index is 13.0. The summed E-state index contributed by atoms with van der Waals surface area (Å²) in [7, 11) is 2.36. The van der Waals surface area contributed by atoms with Crippen LogP contribution >= 0.6 is 0 Å². The standard InChI is InChI=1S/C33H36N8O11/c1-33(2,3)32(49)52-15-41-14-17(39-40-41)12-20(34)29(45)36-16-6-9-23(35-13-16)30(46)38-22-10-7-18(24(42)26(22)50-4)28(44)37-21-11-8-19(31(47)48)25(43)27(21)51-5/h6-11,13-14,20,42-43H,12,15,34H2,1-5H3,(H,36,45)(H,37,44)(H,38,46)(H,47,48)/t20-/m0/s1. The van der Waals surface area contributed by atoms with E-state index < -0.39 is 58.2 Å². The number of carbonyl (C=O) groups is 5. The molecule has 19 nitrogen and oxygen atoms in total. The first-order valence-electron chi connectivity index (χ1n) is 15.3. The fraction of sp³-hybridized carbons (Fsp3) is 0.273. The number of phenols is 2. The molecular weight excluding hydrogens is 684 g/mol. The van der Waals surface area contributed by atoms with Gasteiger partial charge in [0.25, 0.3) is 11.8 Å². The van der Waals surface area contributed by atoms with E-state index in [1.807, 2.05) is 0 Å². The number of carboxylic acid groups (broad SMARTS) is 1. The van der Waals surface area contributed by atoms with Crippen molar-refractivity contribution in [1.29, 1.82) is 0 Å². The predicted molar refractivity (Wildman–Crippen MR) is 182 cm³/mol. The first-order chi connectivity index (χ1) is 24.5. The van der Waals surface area contributed by atoms with Crippen LogP contribution in [0.5, 0.6) is 23.0 Å². The van der Waals surface area contributed by atoms with Gasteiger partial charge in [0.1, 0.15) is 11.3 Å². The average molecular weight is 721 g/mol. The summed E-state index contributed by atoms with van der Waals surface area (Å²) in [5, 5.41) is 45.7. The van der Waals surface area contributed by atoms with Gasteiger partial charge in [0.2, 0.25) is 5.91 Å². The highest BCUT2D eigenvalue weighted by Gasteiger charge is 2.25. The van der Waals surface area contributed by atoms with Crippen LogP contribution in [0.25, 0.3) is 0 Å². The molecule has 274 valence electrons. The highest BCUT2D eigenvalue weighted by molar-refractivity contribution is 6.10. The van der Waals surface area contributed by atoms with E-state index in [0.29, 0.717) is 5.69 Å². The minimum absolute atomic E-state index is 0.0166. The van der Waals surface area contributed by atoms with Crippen molar-refractivity contribution in [2.75, 3.05) is 30.2 Å². The van der Waals surface area contributed by atoms with Gasteiger partial charge in [-0.3, -0.25) is 19.2 Å². The lowest BCUT2D eigenvalue weighted by atomic mass is 9.98. The second-order valence-corrected chi connectivity index (χ2v) is 12.1. The number of hydrogen-bond donors (Lipinski definition) is 7. The molecule has 0 spiro atoms. The Balaban J connectivity index is 1.37. The van der Waals surface area contributed by atoms with E-state index in [1.54, 1.807) is 20.8 Å². The molecule has 2 heterocycles. The molecule has 0 saturated carbocycles. The monoisotopic (exact) mass is 720 g/mol. The van der Waals surface area contributed by atoms with E-state index >= 15 is 0 Å². The number of benzene rings is 2. The molecule has 4 aromatic rings. The molecule has 1 atom stereocenters. The normalized spacial score (nSPS) is 11.6. The Labute approximate surface area is 295 Å². The van der Waals surface area contributed by atoms with Crippen molar-refractivity contribution in [1.82, 2.24) is 20.0 Å². The van der Waals surface area contributed by atoms with Crippen LogP contribution in [0.2, 0.25) is 0 Å². The number of hydrogen-bond acceptors (Lipinski definition) is 14. The van der Waals surface area contributed by atoms with Gasteiger partial charge in [-0.15, -0.1) is 5.10 Å². The summed E-state index contributed by atoms with van der Waals surface area (Å²) in [6.45, 7) is 5.01. The fourth-order valence-electron chi connectivity index (χ4n) is 4.48. The lowest BCUT2D eigenvalue weighted by Crippen LogP contribution is -2.37. The topological polar surface area (TPSA) is 279 Å². The maximum atomic E-state index is 13.0. The number of carboxylic acids is 1. The summed E-state index contributed by atoms with van der Waals surface area (Å²) < 4.78 is 16.8. The van der Waals surface area contributed by atoms with Gasteiger partial charge in [0.05, 0.1) is 66.4 Å². The van der Waals surface area contributed by atoms with Crippen molar-refractivity contribution in [2.45, 2.75) is 40.0 Å². The molecule has 19 heteroatoms. The lowest BCUT2D eigenvalue weighted by molar-refractivity contribution is -0.157. The van der Waals surface area contributed by atoms with Crippen LogP contribution in [-0.4, -0.2) is 85.2 Å². The van der Waals surface area contributed by atoms with Gasteiger partial charge in [0, 0.05) is 6.42 Å². The Morgan fingerprint density at radius 3 is 2.02 bits per heavy atom. The van der Waals surface area contributed by atoms with Gasteiger partial charge in [-0.05, 0) is 57.2 Å². The molecule has 3 amide bonds. The number of esters is 1. The summed E-state index contributed by atoms with van der Waals surface area (Å²) in [6, 6.07) is 6.47. The number of aromatic hydroxyl groups is 2. The van der Waals surface area contributed by atoms with Crippen LogP contribution < -0.4 is 31.2 Å². The summed E-state index contributed by atoms with van der Waals surface area (Å²) in [5.41, 5.74) is 5.07. The van der Waals surface area contributed by atoms with E-state index in [4.69, 9.17) is 19.9 Å². The Morgan fingerprint density at radius 2 is 1.46 bits per heavy atom. The molecule has 0 aliphatic rings. The zero-order valence-corrected chi connectivity index (χ0v) is 28.6. The Kier molecular flexibility index (Phi) is 11.6. The van der Waals surface area contributed by atoms with Crippen molar-refractivity contribution in [2.24, 2.45) is 11.1 Å². The van der Waals surface area contributed by atoms with Crippen molar-refractivity contribution < 1.29 is 53.5 Å². The van der Waals surface area contributed by atoms with Crippen LogP contribution in [0.3, 0.4) is 0 Å². The Hall–Kier alpha value is -6.76. The molecule has 4 rings (SSSR count). The van der Waals surface area contributed by atoms with Gasteiger partial charge >= 0.3 is 11.9 Å². The van der Waals surface area contributed by atoms with Crippen molar-refractivity contribution in [3.63, 3.8) is 0 Å². The summed E-state index contributed by atoms with van der Waals surface area (Å²) in [6.07, 6.45) is 2.76. The fourth-order valence-corrected chi connectivity index (χ4v) is 4.48. The average Bonchev–Trinajstić information content (AvgIpc) is 3.54. The van der Waals surface area contributed by atoms with Gasteiger partial charge < -0.3 is 51.2 Å². The number of pyridine rings is 1. The van der Waals surface area contributed by atoms with Crippen LogP contribution in [0.15, 0.2) is 48.8 Å². The first-order valence-corrected chi connectivity index (χ1v) is 15.3. The summed E-state index contributed by atoms with van der Waals surface area (Å²) in [4.78, 5) is 66.1. The predicted octanol–water partition coefficient (Wildman–Crippen LogP) is 2.36. The molecule has 0 aliphatic carbocycles. The van der Waals surface area contributed by atoms with E-state index in [9.17, 15) is 39.3 Å². The SMILES string of the molecule is COc1c(NC(=O)c2ccc(NC(=O)c3ccc(NC(=O)[C@@H](N)Cc4cn(COC(=O)C(C)(C)C)nn4)cn3)c(OC)c2O)ccc(C(=O)O)c1O. The number of nitrogens with one attached hydrogen (secondary N) is 3. The molecule has 0 saturated heterocycles. The van der Waals surface area contributed by atoms with Crippen LogP contribution in [0, 0.1) is 5.41 Å². The molecule has 2 aromatic carbocycles. The third-order valence-corrected chi connectivity index (χ3v) is 7.20. The van der Waals surface area contributed by atoms with E-state index in [0.717, 1.165) is 6.07 Å². The second kappa shape index (κ2) is 15.9. The molecule has 2 aromatic heterocycles. The van der Waals surface area contributed by atoms with Crippen molar-refractivity contribution >= 4 is 46.7 Å². The third kappa shape index (κ3) is 8.87. The highest BCUT2D eigenvalue weighted by Crippen LogP contribution is 2.40. The van der Waals surface area contributed by atoms with Gasteiger partial charge in [-0.2, -0.15) is 0 Å². The minimum Gasteiger partial charge on any atom is -0.504 e. The van der Waals surface area contributed by atoms with Crippen LogP contribution in [0.1, 0.15) is 57.7 Å². The zero-order valence-electron chi connectivity index (χ0n) is 28.6. The number of aromatic nitrogens is 4. The Bertz CT molecular complexity index is 2010. The number of carbonyl (C=O) groups excluding carboxylic acids is 4. The number of amides is 3. The van der Waals surface area contributed by atoms with E-state index in [2.05, 4.69) is 31.2 Å². The van der Waals surface area contributed by atoms with Gasteiger partial charge in [-0.25, -0.2) is 14.5 Å². The molecular formula is C33H36N8O11. The van der Waals surface area contributed by atoms with Gasteiger partial charge in [0.15, 0.2) is 29.7 Å². The van der Waals surface area contributed by atoms with Crippen LogP contribution in [-0.2, 0) is 27.5 Å². The van der Waals surface area contributed by atoms with E-state index in [-0.39, 0.29) is 53.0 Å². The first kappa shape index (κ1) is 38.0. The molecule has 0 aliphatic heterocycles.